The molecule has 0 heterocycles. The van der Waals surface area contributed by atoms with Crippen LogP contribution < -0.4 is 12.4 Å². The minimum atomic E-state index is 0. The Bertz CT molecular complexity index is 329. The monoisotopic (exact) mass is 427 g/mol. The first-order chi connectivity index (χ1) is 13.7. The van der Waals surface area contributed by atoms with Gasteiger partial charge in [0.05, 0.1) is 26.7 Å². The van der Waals surface area contributed by atoms with Gasteiger partial charge in [-0.15, -0.1) is 0 Å². The Labute approximate surface area is 191 Å². The normalized spacial score (nSPS) is 11.2. The lowest BCUT2D eigenvalue weighted by atomic mass is 10.0. The topological polar surface area (TPSA) is 0 Å². The molecule has 1 nitrogen and oxygen atoms in total. The van der Waals surface area contributed by atoms with Gasteiger partial charge in [0, 0.05) is 0 Å². The SMILES string of the molecule is C=CC[N+](C)(CC=C)CCCCCCCCCCCCCCCCCCCC.[Cl-]. The van der Waals surface area contributed by atoms with E-state index in [9.17, 15) is 0 Å². The predicted molar refractivity (Wildman–Crippen MR) is 130 cm³/mol. The van der Waals surface area contributed by atoms with Crippen molar-refractivity contribution in [2.75, 3.05) is 26.7 Å². The molecule has 0 aromatic heterocycles. The molecule has 0 N–H and O–H groups in total. The Morgan fingerprint density at radius 1 is 0.517 bits per heavy atom. The van der Waals surface area contributed by atoms with E-state index in [4.69, 9.17) is 0 Å². The summed E-state index contributed by atoms with van der Waals surface area (Å²) in [4.78, 5) is 0. The number of quaternary nitrogens is 1. The third-order valence-electron chi connectivity index (χ3n) is 6.19. The molecule has 0 aliphatic heterocycles. The van der Waals surface area contributed by atoms with E-state index in [1.165, 1.54) is 122 Å². The summed E-state index contributed by atoms with van der Waals surface area (Å²) in [6.45, 7) is 13.5. The first kappa shape index (κ1) is 30.9. The van der Waals surface area contributed by atoms with Gasteiger partial charge in [-0.05, 0) is 25.0 Å². The van der Waals surface area contributed by atoms with E-state index in [0.29, 0.717) is 0 Å². The molecular formula is C27H54ClN. The molecule has 0 bridgehead atoms. The Kier molecular flexibility index (Phi) is 25.6. The second-order valence-corrected chi connectivity index (χ2v) is 9.30. The zero-order chi connectivity index (χ0) is 20.8. The molecule has 0 fully saturated rings. The molecule has 0 radical (unpaired) electrons. The number of likely N-dealkylation sites (N-methyl/N-ethyl adjacent to an activating group) is 1. The summed E-state index contributed by atoms with van der Waals surface area (Å²) in [5, 5.41) is 0. The van der Waals surface area contributed by atoms with Crippen LogP contribution >= 0.6 is 0 Å². The highest BCUT2D eigenvalue weighted by molar-refractivity contribution is 4.71. The van der Waals surface area contributed by atoms with Crippen LogP contribution in [0.2, 0.25) is 0 Å². The number of hydrogen-bond donors (Lipinski definition) is 0. The predicted octanol–water partition coefficient (Wildman–Crippen LogP) is 5.85. The smallest absolute Gasteiger partial charge is 0.0971 e. The minimum absolute atomic E-state index is 0. The molecule has 2 heteroatoms. The molecule has 0 aliphatic rings. The van der Waals surface area contributed by atoms with E-state index in [1.54, 1.807) is 0 Å². The van der Waals surface area contributed by atoms with Crippen molar-refractivity contribution in [1.82, 2.24) is 0 Å². The van der Waals surface area contributed by atoms with Crippen LogP contribution in [0.5, 0.6) is 0 Å². The number of nitrogens with zero attached hydrogens (tertiary/aromatic N) is 1. The maximum absolute atomic E-state index is 3.91. The number of rotatable bonds is 23. The average Bonchev–Trinajstić information content (AvgIpc) is 2.67. The molecule has 174 valence electrons. The molecule has 0 rings (SSSR count). The molecule has 0 aliphatic carbocycles. The second kappa shape index (κ2) is 24.0. The van der Waals surface area contributed by atoms with Crippen LogP contribution in [0.25, 0.3) is 0 Å². The quantitative estimate of drug-likeness (QED) is 0.109. The van der Waals surface area contributed by atoms with Gasteiger partial charge in [-0.2, -0.15) is 0 Å². The van der Waals surface area contributed by atoms with E-state index >= 15 is 0 Å². The van der Waals surface area contributed by atoms with E-state index in [0.717, 1.165) is 17.6 Å². The summed E-state index contributed by atoms with van der Waals surface area (Å²) in [5.74, 6) is 0. The van der Waals surface area contributed by atoms with Crippen LogP contribution in [-0.2, 0) is 0 Å². The van der Waals surface area contributed by atoms with Crippen molar-refractivity contribution >= 4 is 0 Å². The lowest BCUT2D eigenvalue weighted by molar-refractivity contribution is -0.898. The number of halogens is 1. The van der Waals surface area contributed by atoms with Crippen LogP contribution in [0.1, 0.15) is 122 Å². The van der Waals surface area contributed by atoms with Gasteiger partial charge in [-0.3, -0.25) is 0 Å². The summed E-state index contributed by atoms with van der Waals surface area (Å²) in [7, 11) is 2.33. The summed E-state index contributed by atoms with van der Waals surface area (Å²) in [5.41, 5.74) is 0. The Morgan fingerprint density at radius 2 is 0.793 bits per heavy atom. The third-order valence-corrected chi connectivity index (χ3v) is 6.19. The highest BCUT2D eigenvalue weighted by Crippen LogP contribution is 2.15. The molecule has 0 saturated heterocycles. The maximum Gasteiger partial charge on any atom is 0.0971 e. The van der Waals surface area contributed by atoms with E-state index in [1.807, 2.05) is 0 Å². The Hall–Kier alpha value is -0.270. The molecule has 0 saturated carbocycles. The highest BCUT2D eigenvalue weighted by Gasteiger charge is 2.16. The van der Waals surface area contributed by atoms with Crippen molar-refractivity contribution in [3.63, 3.8) is 0 Å². The fourth-order valence-corrected chi connectivity index (χ4v) is 4.28. The van der Waals surface area contributed by atoms with E-state index < -0.39 is 0 Å². The van der Waals surface area contributed by atoms with Gasteiger partial charge in [-0.1, -0.05) is 123 Å². The lowest BCUT2D eigenvalue weighted by Crippen LogP contribution is -3.00. The number of hydrogen-bond acceptors (Lipinski definition) is 0. The molecule has 0 amide bonds. The van der Waals surface area contributed by atoms with E-state index in [2.05, 4.69) is 39.3 Å². The molecule has 0 aromatic rings. The van der Waals surface area contributed by atoms with Crippen molar-refractivity contribution < 1.29 is 16.9 Å². The van der Waals surface area contributed by atoms with Crippen LogP contribution in [0, 0.1) is 0 Å². The largest absolute Gasteiger partial charge is 1.00 e. The summed E-state index contributed by atoms with van der Waals surface area (Å²) in [6, 6.07) is 0. The van der Waals surface area contributed by atoms with Gasteiger partial charge in [0.2, 0.25) is 0 Å². The molecule has 0 atom stereocenters. The van der Waals surface area contributed by atoms with Gasteiger partial charge in [0.25, 0.3) is 0 Å². The molecule has 0 unspecified atom stereocenters. The van der Waals surface area contributed by atoms with Crippen molar-refractivity contribution in [1.29, 1.82) is 0 Å². The summed E-state index contributed by atoms with van der Waals surface area (Å²) in [6.07, 6.45) is 30.1. The summed E-state index contributed by atoms with van der Waals surface area (Å²) >= 11 is 0. The first-order valence-corrected chi connectivity index (χ1v) is 12.7. The first-order valence-electron chi connectivity index (χ1n) is 12.7. The lowest BCUT2D eigenvalue weighted by Gasteiger charge is -2.32. The fourth-order valence-electron chi connectivity index (χ4n) is 4.28. The second-order valence-electron chi connectivity index (χ2n) is 9.30. The maximum atomic E-state index is 3.91. The van der Waals surface area contributed by atoms with Crippen LogP contribution in [0.15, 0.2) is 25.3 Å². The van der Waals surface area contributed by atoms with Crippen LogP contribution in [-0.4, -0.2) is 31.2 Å². The van der Waals surface area contributed by atoms with Crippen molar-refractivity contribution in [3.05, 3.63) is 25.3 Å². The van der Waals surface area contributed by atoms with Gasteiger partial charge < -0.3 is 16.9 Å². The Balaban J connectivity index is 0. The summed E-state index contributed by atoms with van der Waals surface area (Å²) < 4.78 is 1.08. The van der Waals surface area contributed by atoms with Crippen molar-refractivity contribution in [3.8, 4) is 0 Å². The van der Waals surface area contributed by atoms with Crippen LogP contribution in [0.3, 0.4) is 0 Å². The van der Waals surface area contributed by atoms with Gasteiger partial charge in [0.1, 0.15) is 0 Å². The third kappa shape index (κ3) is 22.2. The zero-order valence-corrected chi connectivity index (χ0v) is 21.0. The van der Waals surface area contributed by atoms with Crippen molar-refractivity contribution in [2.45, 2.75) is 122 Å². The fraction of sp³-hybridized carbons (Fsp3) is 0.852. The molecule has 0 aromatic carbocycles. The highest BCUT2D eigenvalue weighted by atomic mass is 35.5. The average molecular weight is 428 g/mol. The minimum Gasteiger partial charge on any atom is -1.00 e. The van der Waals surface area contributed by atoms with Crippen LogP contribution in [0.4, 0.5) is 0 Å². The number of unbranched alkanes of at least 4 members (excludes halogenated alkanes) is 17. The van der Waals surface area contributed by atoms with Crippen molar-refractivity contribution in [2.24, 2.45) is 0 Å². The Morgan fingerprint density at radius 3 is 1.07 bits per heavy atom. The van der Waals surface area contributed by atoms with Gasteiger partial charge in [0.15, 0.2) is 0 Å². The van der Waals surface area contributed by atoms with Gasteiger partial charge >= 0.3 is 0 Å². The molecule has 0 spiro atoms. The zero-order valence-electron chi connectivity index (χ0n) is 20.2. The molecular weight excluding hydrogens is 374 g/mol. The molecule has 29 heavy (non-hydrogen) atoms. The van der Waals surface area contributed by atoms with Gasteiger partial charge in [-0.25, -0.2) is 0 Å². The van der Waals surface area contributed by atoms with E-state index in [-0.39, 0.29) is 12.4 Å². The standard InChI is InChI=1S/C27H54N.ClH/c1-5-8-9-10-11-12-13-14-15-16-17-18-19-20-21-22-23-24-27-28(4,25-6-2)26-7-3;/h6-7H,2-3,5,8-27H2,1,4H3;1H/q+1;/p-1.